The van der Waals surface area contributed by atoms with Gasteiger partial charge in [-0.25, -0.2) is 0 Å². The van der Waals surface area contributed by atoms with Crippen molar-refractivity contribution in [3.63, 3.8) is 0 Å². The molecule has 1 aromatic rings. The topological polar surface area (TPSA) is 23.5 Å². The van der Waals surface area contributed by atoms with Gasteiger partial charge in [0.05, 0.1) is 6.10 Å². The summed E-state index contributed by atoms with van der Waals surface area (Å²) in [4.78, 5) is 2.38. The number of rotatable bonds is 8. The van der Waals surface area contributed by atoms with E-state index in [-0.39, 0.29) is 0 Å². The van der Waals surface area contributed by atoms with Crippen LogP contribution in [0.15, 0.2) is 24.3 Å². The lowest BCUT2D eigenvalue weighted by molar-refractivity contribution is 0.0987. The molecule has 0 saturated carbocycles. The predicted molar refractivity (Wildman–Crippen MR) is 86.9 cm³/mol. The fourth-order valence-electron chi connectivity index (χ4n) is 2.58. The molecule has 0 aliphatic heterocycles. The minimum atomic E-state index is -0.390. The largest absolute Gasteiger partial charge is 0.387 e. The van der Waals surface area contributed by atoms with E-state index in [4.69, 9.17) is 0 Å². The molecular weight excluding hydrogens is 246 g/mol. The van der Waals surface area contributed by atoms with Gasteiger partial charge in [-0.1, -0.05) is 58.9 Å². The average Bonchev–Trinajstić information content (AvgIpc) is 2.37. The summed E-state index contributed by atoms with van der Waals surface area (Å²) in [5.41, 5.74) is 2.35. The van der Waals surface area contributed by atoms with Gasteiger partial charge in [0.2, 0.25) is 0 Å². The number of hydrogen-bond donors (Lipinski definition) is 1. The minimum Gasteiger partial charge on any atom is -0.387 e. The molecule has 0 aromatic heterocycles. The number of nitrogens with zero attached hydrogens (tertiary/aromatic N) is 1. The molecule has 1 aromatic carbocycles. The van der Waals surface area contributed by atoms with Crippen LogP contribution in [-0.4, -0.2) is 29.6 Å². The standard InChI is InChI=1S/C18H31NO/c1-6-16-7-9-17(10-8-16)18(20)13-19(11-14(2)3)12-15(4)5/h7-10,14-15,18,20H,6,11-13H2,1-5H3. The Bertz CT molecular complexity index is 360. The summed E-state index contributed by atoms with van der Waals surface area (Å²) in [6.45, 7) is 13.9. The second-order valence-corrected chi connectivity index (χ2v) is 6.62. The summed E-state index contributed by atoms with van der Waals surface area (Å²) >= 11 is 0. The molecule has 1 unspecified atom stereocenters. The van der Waals surface area contributed by atoms with E-state index in [0.717, 1.165) is 31.6 Å². The van der Waals surface area contributed by atoms with E-state index in [1.807, 2.05) is 0 Å². The fourth-order valence-corrected chi connectivity index (χ4v) is 2.58. The van der Waals surface area contributed by atoms with Crippen LogP contribution in [0, 0.1) is 11.8 Å². The van der Waals surface area contributed by atoms with Crippen molar-refractivity contribution < 1.29 is 5.11 Å². The molecule has 0 fully saturated rings. The van der Waals surface area contributed by atoms with Gasteiger partial charge < -0.3 is 5.11 Å². The van der Waals surface area contributed by atoms with Crippen molar-refractivity contribution in [2.24, 2.45) is 11.8 Å². The Balaban J connectivity index is 2.65. The van der Waals surface area contributed by atoms with Crippen LogP contribution < -0.4 is 0 Å². The zero-order valence-electron chi connectivity index (χ0n) is 13.8. The lowest BCUT2D eigenvalue weighted by Crippen LogP contribution is -2.35. The van der Waals surface area contributed by atoms with Gasteiger partial charge in [0.15, 0.2) is 0 Å². The van der Waals surface area contributed by atoms with Gasteiger partial charge in [0, 0.05) is 19.6 Å². The van der Waals surface area contributed by atoms with E-state index < -0.39 is 6.10 Å². The maximum atomic E-state index is 10.4. The molecule has 2 nitrogen and oxygen atoms in total. The van der Waals surface area contributed by atoms with E-state index in [1.165, 1.54) is 5.56 Å². The first-order chi connectivity index (χ1) is 9.42. The van der Waals surface area contributed by atoms with Crippen LogP contribution in [0.25, 0.3) is 0 Å². The zero-order chi connectivity index (χ0) is 15.1. The molecule has 20 heavy (non-hydrogen) atoms. The third-order valence-electron chi connectivity index (χ3n) is 3.45. The van der Waals surface area contributed by atoms with Crippen molar-refractivity contribution in [1.82, 2.24) is 4.90 Å². The van der Waals surface area contributed by atoms with Crippen LogP contribution in [0.1, 0.15) is 51.8 Å². The number of hydrogen-bond acceptors (Lipinski definition) is 2. The van der Waals surface area contributed by atoms with Gasteiger partial charge in [0.1, 0.15) is 0 Å². The lowest BCUT2D eigenvalue weighted by Gasteiger charge is -2.28. The summed E-state index contributed by atoms with van der Waals surface area (Å²) < 4.78 is 0. The molecule has 0 amide bonds. The van der Waals surface area contributed by atoms with Crippen molar-refractivity contribution in [3.05, 3.63) is 35.4 Å². The molecule has 0 heterocycles. The Morgan fingerprint density at radius 1 is 0.900 bits per heavy atom. The van der Waals surface area contributed by atoms with E-state index in [9.17, 15) is 5.11 Å². The molecule has 0 aliphatic carbocycles. The maximum Gasteiger partial charge on any atom is 0.0916 e. The summed E-state index contributed by atoms with van der Waals surface area (Å²) in [5.74, 6) is 1.26. The molecule has 0 saturated heterocycles. The monoisotopic (exact) mass is 277 g/mol. The van der Waals surface area contributed by atoms with Crippen molar-refractivity contribution >= 4 is 0 Å². The fraction of sp³-hybridized carbons (Fsp3) is 0.667. The van der Waals surface area contributed by atoms with E-state index >= 15 is 0 Å². The van der Waals surface area contributed by atoms with Crippen LogP contribution in [0.4, 0.5) is 0 Å². The molecule has 1 rings (SSSR count). The Hall–Kier alpha value is -0.860. The molecule has 1 N–H and O–H groups in total. The lowest BCUT2D eigenvalue weighted by atomic mass is 10.0. The summed E-state index contributed by atoms with van der Waals surface area (Å²) in [6.07, 6.45) is 0.654. The summed E-state index contributed by atoms with van der Waals surface area (Å²) in [5, 5.41) is 10.4. The van der Waals surface area contributed by atoms with Gasteiger partial charge in [-0.05, 0) is 29.4 Å². The third kappa shape index (κ3) is 6.06. The van der Waals surface area contributed by atoms with Crippen LogP contribution in [0.5, 0.6) is 0 Å². The third-order valence-corrected chi connectivity index (χ3v) is 3.45. The SMILES string of the molecule is CCc1ccc(C(O)CN(CC(C)C)CC(C)C)cc1. The Kier molecular flexibility index (Phi) is 7.25. The first-order valence-electron chi connectivity index (χ1n) is 7.91. The van der Waals surface area contributed by atoms with Crippen molar-refractivity contribution in [1.29, 1.82) is 0 Å². The van der Waals surface area contributed by atoms with Crippen LogP contribution in [0.2, 0.25) is 0 Å². The van der Waals surface area contributed by atoms with Gasteiger partial charge in [-0.15, -0.1) is 0 Å². The average molecular weight is 277 g/mol. The molecule has 1 atom stereocenters. The van der Waals surface area contributed by atoms with E-state index in [2.05, 4.69) is 63.8 Å². The van der Waals surface area contributed by atoms with Crippen molar-refractivity contribution in [3.8, 4) is 0 Å². The van der Waals surface area contributed by atoms with Gasteiger partial charge in [-0.3, -0.25) is 4.90 Å². The maximum absolute atomic E-state index is 10.4. The van der Waals surface area contributed by atoms with E-state index in [0.29, 0.717) is 11.8 Å². The molecule has 114 valence electrons. The highest BCUT2D eigenvalue weighted by molar-refractivity contribution is 5.24. The van der Waals surface area contributed by atoms with E-state index in [1.54, 1.807) is 0 Å². The number of aryl methyl sites for hydroxylation is 1. The van der Waals surface area contributed by atoms with Gasteiger partial charge in [0.25, 0.3) is 0 Å². The number of benzene rings is 1. The first-order valence-corrected chi connectivity index (χ1v) is 7.91. The summed E-state index contributed by atoms with van der Waals surface area (Å²) in [6, 6.07) is 8.36. The zero-order valence-corrected chi connectivity index (χ0v) is 13.8. The smallest absolute Gasteiger partial charge is 0.0916 e. The number of aliphatic hydroxyl groups excluding tert-OH is 1. The highest BCUT2D eigenvalue weighted by Crippen LogP contribution is 2.17. The predicted octanol–water partition coefficient (Wildman–Crippen LogP) is 3.90. The van der Waals surface area contributed by atoms with Crippen LogP contribution in [0.3, 0.4) is 0 Å². The molecule has 0 radical (unpaired) electrons. The quantitative estimate of drug-likeness (QED) is 0.779. The second-order valence-electron chi connectivity index (χ2n) is 6.62. The molecule has 0 aliphatic rings. The summed E-state index contributed by atoms with van der Waals surface area (Å²) in [7, 11) is 0. The van der Waals surface area contributed by atoms with Crippen molar-refractivity contribution in [2.45, 2.75) is 47.1 Å². The Morgan fingerprint density at radius 2 is 1.40 bits per heavy atom. The molecule has 0 spiro atoms. The molecular formula is C18H31NO. The molecule has 2 heteroatoms. The highest BCUT2D eigenvalue weighted by Gasteiger charge is 2.15. The van der Waals surface area contributed by atoms with Crippen LogP contribution in [-0.2, 0) is 6.42 Å². The first kappa shape index (κ1) is 17.2. The van der Waals surface area contributed by atoms with Gasteiger partial charge >= 0.3 is 0 Å². The minimum absolute atomic E-state index is 0.390. The molecule has 0 bridgehead atoms. The van der Waals surface area contributed by atoms with Crippen LogP contribution >= 0.6 is 0 Å². The second kappa shape index (κ2) is 8.43. The van der Waals surface area contributed by atoms with Gasteiger partial charge in [-0.2, -0.15) is 0 Å². The Labute approximate surface area is 124 Å². The Morgan fingerprint density at radius 3 is 1.80 bits per heavy atom. The number of aliphatic hydroxyl groups is 1. The van der Waals surface area contributed by atoms with Crippen molar-refractivity contribution in [2.75, 3.05) is 19.6 Å². The normalized spacial score (nSPS) is 13.4. The highest BCUT2D eigenvalue weighted by atomic mass is 16.3.